The Morgan fingerprint density at radius 3 is 1.78 bits per heavy atom. The Bertz CT molecular complexity index is 120. The SMILES string of the molecule is N#CSSOSSC#N. The number of hydrogen-bond acceptors (Lipinski definition) is 7. The maximum Gasteiger partial charge on any atom is 0.147 e. The van der Waals surface area contributed by atoms with Crippen molar-refractivity contribution in [1.82, 2.24) is 0 Å². The van der Waals surface area contributed by atoms with Gasteiger partial charge in [-0.15, -0.1) is 0 Å². The zero-order valence-corrected chi connectivity index (χ0v) is 7.20. The summed E-state index contributed by atoms with van der Waals surface area (Å²) in [4.78, 5) is 0. The zero-order valence-electron chi connectivity index (χ0n) is 3.94. The average molecular weight is 196 g/mol. The summed E-state index contributed by atoms with van der Waals surface area (Å²) in [5.41, 5.74) is 0. The summed E-state index contributed by atoms with van der Waals surface area (Å²) in [6.07, 6.45) is 0. The number of rotatable bonds is 4. The first-order chi connectivity index (χ1) is 4.41. The summed E-state index contributed by atoms with van der Waals surface area (Å²) in [7, 11) is 1.83. The Hall–Kier alpha value is 0.340. The quantitative estimate of drug-likeness (QED) is 0.296. The molecule has 0 aliphatic heterocycles. The molecular weight excluding hydrogens is 196 g/mol. The predicted octanol–water partition coefficient (Wildman–Crippen LogP) is 2.56. The molecule has 0 aromatic carbocycles. The van der Waals surface area contributed by atoms with Gasteiger partial charge in [-0.1, -0.05) is 0 Å². The lowest BCUT2D eigenvalue weighted by Crippen LogP contribution is -1.49. The smallest absolute Gasteiger partial charge is 0.147 e. The van der Waals surface area contributed by atoms with E-state index in [1.165, 1.54) is 0 Å². The van der Waals surface area contributed by atoms with Crippen molar-refractivity contribution in [2.75, 3.05) is 0 Å². The van der Waals surface area contributed by atoms with Crippen LogP contribution in [-0.4, -0.2) is 0 Å². The van der Waals surface area contributed by atoms with Gasteiger partial charge < -0.3 is 0 Å². The molecule has 0 N–H and O–H groups in total. The average Bonchev–Trinajstić information content (AvgIpc) is 1.89. The van der Waals surface area contributed by atoms with Crippen LogP contribution in [0.15, 0.2) is 0 Å². The molecule has 0 saturated carbocycles. The molecule has 3 nitrogen and oxygen atoms in total. The van der Waals surface area contributed by atoms with Crippen LogP contribution in [0.2, 0.25) is 0 Å². The summed E-state index contributed by atoms with van der Waals surface area (Å²) in [6.45, 7) is 0. The monoisotopic (exact) mass is 196 g/mol. The van der Waals surface area contributed by atoms with Crippen LogP contribution in [0.1, 0.15) is 0 Å². The molecule has 9 heavy (non-hydrogen) atoms. The first kappa shape index (κ1) is 9.34. The fourth-order valence-electron chi connectivity index (χ4n) is 0.0695. The zero-order chi connectivity index (χ0) is 6.95. The molecule has 0 spiro atoms. The van der Waals surface area contributed by atoms with Gasteiger partial charge in [0.05, 0.1) is 43.7 Å². The van der Waals surface area contributed by atoms with E-state index in [9.17, 15) is 0 Å². The van der Waals surface area contributed by atoms with Crippen LogP contribution in [0.25, 0.3) is 0 Å². The molecule has 7 heteroatoms. The molecule has 0 unspecified atom stereocenters. The minimum Gasteiger partial charge on any atom is -0.222 e. The summed E-state index contributed by atoms with van der Waals surface area (Å²) in [6, 6.07) is 0. The second-order valence-corrected chi connectivity index (χ2v) is 3.88. The van der Waals surface area contributed by atoms with E-state index in [0.717, 1.165) is 43.7 Å². The molecule has 0 rings (SSSR count). The maximum atomic E-state index is 7.95. The van der Waals surface area contributed by atoms with E-state index in [-0.39, 0.29) is 0 Å². The van der Waals surface area contributed by atoms with Crippen LogP contribution in [0, 0.1) is 21.3 Å². The molecule has 48 valence electrons. The Morgan fingerprint density at radius 1 is 1.00 bits per heavy atom. The molecule has 0 saturated heterocycles. The van der Waals surface area contributed by atoms with Gasteiger partial charge in [-0.2, -0.15) is 10.5 Å². The third-order valence-electron chi connectivity index (χ3n) is 0.198. The molecular formula is C2N2OS4. The molecule has 0 atom stereocenters. The predicted molar refractivity (Wildman–Crippen MR) is 42.7 cm³/mol. The molecule has 0 amide bonds. The van der Waals surface area contributed by atoms with Crippen molar-refractivity contribution >= 4 is 43.7 Å². The number of nitrogens with zero attached hydrogens (tertiary/aromatic N) is 2. The van der Waals surface area contributed by atoms with Gasteiger partial charge in [-0.05, 0) is 0 Å². The van der Waals surface area contributed by atoms with Crippen LogP contribution in [0.5, 0.6) is 0 Å². The van der Waals surface area contributed by atoms with Crippen molar-refractivity contribution in [2.45, 2.75) is 0 Å². The van der Waals surface area contributed by atoms with Gasteiger partial charge >= 0.3 is 0 Å². The Morgan fingerprint density at radius 2 is 1.44 bits per heavy atom. The largest absolute Gasteiger partial charge is 0.222 e. The molecule has 0 fully saturated rings. The van der Waals surface area contributed by atoms with E-state index in [2.05, 4.69) is 3.63 Å². The molecule has 0 radical (unpaired) electrons. The lowest BCUT2D eigenvalue weighted by molar-refractivity contribution is 0.784. The van der Waals surface area contributed by atoms with Crippen LogP contribution >= 0.6 is 43.7 Å². The van der Waals surface area contributed by atoms with Crippen molar-refractivity contribution in [1.29, 1.82) is 10.5 Å². The summed E-state index contributed by atoms with van der Waals surface area (Å²) in [5, 5.41) is 19.5. The van der Waals surface area contributed by atoms with E-state index in [4.69, 9.17) is 10.5 Å². The highest BCUT2D eigenvalue weighted by Crippen LogP contribution is 2.32. The minimum atomic E-state index is 0.915. The van der Waals surface area contributed by atoms with Gasteiger partial charge in [0.1, 0.15) is 10.8 Å². The van der Waals surface area contributed by atoms with Gasteiger partial charge in [0.15, 0.2) is 0 Å². The van der Waals surface area contributed by atoms with Gasteiger partial charge in [0.2, 0.25) is 0 Å². The third-order valence-corrected chi connectivity index (χ3v) is 2.78. The topological polar surface area (TPSA) is 56.8 Å². The molecule has 0 aliphatic carbocycles. The van der Waals surface area contributed by atoms with Crippen LogP contribution in [0.4, 0.5) is 0 Å². The van der Waals surface area contributed by atoms with E-state index < -0.39 is 0 Å². The standard InChI is InChI=1S/C2N2OS4/c3-1-6-8-5-9-7-2-4. The molecule has 0 aromatic rings. The second kappa shape index (κ2) is 8.34. The molecule has 0 aromatic heterocycles. The second-order valence-electron chi connectivity index (χ2n) is 0.553. The van der Waals surface area contributed by atoms with Gasteiger partial charge in [0.25, 0.3) is 0 Å². The van der Waals surface area contributed by atoms with Crippen LogP contribution in [0.3, 0.4) is 0 Å². The normalized spacial score (nSPS) is 7.78. The summed E-state index contributed by atoms with van der Waals surface area (Å²) < 4.78 is 4.63. The first-order valence-electron chi connectivity index (χ1n) is 1.52. The van der Waals surface area contributed by atoms with E-state index in [1.54, 1.807) is 10.8 Å². The van der Waals surface area contributed by atoms with Crippen molar-refractivity contribution in [3.05, 3.63) is 0 Å². The van der Waals surface area contributed by atoms with E-state index in [0.29, 0.717) is 0 Å². The molecule has 0 bridgehead atoms. The maximum absolute atomic E-state index is 7.95. The number of hydrogen-bond donors (Lipinski definition) is 0. The summed E-state index contributed by atoms with van der Waals surface area (Å²) >= 11 is 1.88. The van der Waals surface area contributed by atoms with E-state index >= 15 is 0 Å². The molecule has 0 heterocycles. The molecule has 0 aliphatic rings. The number of nitriles is 2. The van der Waals surface area contributed by atoms with Crippen molar-refractivity contribution in [3.63, 3.8) is 0 Å². The third kappa shape index (κ3) is 8.34. The van der Waals surface area contributed by atoms with Gasteiger partial charge in [-0.25, -0.2) is 3.63 Å². The van der Waals surface area contributed by atoms with Crippen LogP contribution in [-0.2, 0) is 3.63 Å². The lowest BCUT2D eigenvalue weighted by atomic mass is 11.8. The fraction of sp³-hybridized carbons (Fsp3) is 0. The lowest BCUT2D eigenvalue weighted by Gasteiger charge is -1.86. The Kier molecular flexibility index (Phi) is 8.66. The number of thiocyanates is 2. The van der Waals surface area contributed by atoms with Crippen molar-refractivity contribution < 1.29 is 3.63 Å². The van der Waals surface area contributed by atoms with Gasteiger partial charge in [0, 0.05) is 0 Å². The van der Waals surface area contributed by atoms with Crippen LogP contribution < -0.4 is 0 Å². The highest BCUT2D eigenvalue weighted by atomic mass is 33.2. The van der Waals surface area contributed by atoms with Gasteiger partial charge in [-0.3, -0.25) is 0 Å². The summed E-state index contributed by atoms with van der Waals surface area (Å²) in [5.74, 6) is 0. The Balaban J connectivity index is 2.79. The van der Waals surface area contributed by atoms with Crippen molar-refractivity contribution in [3.8, 4) is 10.8 Å². The highest BCUT2D eigenvalue weighted by molar-refractivity contribution is 8.83. The van der Waals surface area contributed by atoms with Crippen molar-refractivity contribution in [2.24, 2.45) is 0 Å². The first-order valence-corrected chi connectivity index (χ1v) is 5.67. The van der Waals surface area contributed by atoms with E-state index in [1.807, 2.05) is 0 Å². The minimum absolute atomic E-state index is 0.915. The fourth-order valence-corrected chi connectivity index (χ4v) is 1.94. The Labute approximate surface area is 68.7 Å². The highest BCUT2D eigenvalue weighted by Gasteiger charge is 1.89.